The highest BCUT2D eigenvalue weighted by atomic mass is 16.5. The van der Waals surface area contributed by atoms with Gasteiger partial charge in [-0.25, -0.2) is 4.79 Å². The molecular formula is C10H14O5. The smallest absolute Gasteiger partial charge is 0.371 e. The number of aliphatic hydroxyl groups is 1. The third kappa shape index (κ3) is 2.81. The summed E-state index contributed by atoms with van der Waals surface area (Å²) in [7, 11) is 0. The highest BCUT2D eigenvalue weighted by Gasteiger charge is 2.28. The summed E-state index contributed by atoms with van der Waals surface area (Å²) in [5.74, 6) is -1.16. The molecule has 84 valence electrons. The van der Waals surface area contributed by atoms with Crippen molar-refractivity contribution in [2.24, 2.45) is 0 Å². The fourth-order valence-electron chi connectivity index (χ4n) is 1.11. The summed E-state index contributed by atoms with van der Waals surface area (Å²) in [6.45, 7) is 3.85. The minimum atomic E-state index is -1.30. The maximum atomic E-state index is 10.5. The molecule has 1 atom stereocenters. The highest BCUT2D eigenvalue weighted by molar-refractivity contribution is 5.84. The van der Waals surface area contributed by atoms with Crippen LogP contribution in [0, 0.1) is 0 Å². The zero-order valence-corrected chi connectivity index (χ0v) is 8.69. The lowest BCUT2D eigenvalue weighted by Gasteiger charge is -2.19. The van der Waals surface area contributed by atoms with Crippen LogP contribution in [-0.2, 0) is 10.3 Å². The van der Waals surface area contributed by atoms with E-state index in [1.807, 2.05) is 0 Å². The van der Waals surface area contributed by atoms with Gasteiger partial charge in [-0.05, 0) is 26.0 Å². The maximum Gasteiger partial charge on any atom is 0.371 e. The summed E-state index contributed by atoms with van der Waals surface area (Å²) in [6, 6.07) is 2.74. The van der Waals surface area contributed by atoms with E-state index in [0.717, 1.165) is 0 Å². The van der Waals surface area contributed by atoms with Gasteiger partial charge in [0, 0.05) is 6.61 Å². The van der Waals surface area contributed by atoms with E-state index in [-0.39, 0.29) is 18.1 Å². The molecule has 0 aliphatic heterocycles. The van der Waals surface area contributed by atoms with E-state index in [2.05, 4.69) is 0 Å². The van der Waals surface area contributed by atoms with Crippen molar-refractivity contribution in [1.29, 1.82) is 0 Å². The number of furan rings is 1. The minimum absolute atomic E-state index is 0.0655. The molecule has 1 aromatic heterocycles. The van der Waals surface area contributed by atoms with Crippen molar-refractivity contribution in [3.8, 4) is 0 Å². The van der Waals surface area contributed by atoms with Gasteiger partial charge in [0.15, 0.2) is 0 Å². The highest BCUT2D eigenvalue weighted by Crippen LogP contribution is 2.23. The first kappa shape index (κ1) is 11.7. The standard InChI is InChI=1S/C10H14O5/c1-3-14-6-10(2,13)8-5-4-7(15-8)9(11)12/h4-5,13H,3,6H2,1-2H3,(H,11,12). The molecule has 5 nitrogen and oxygen atoms in total. The van der Waals surface area contributed by atoms with E-state index in [9.17, 15) is 9.90 Å². The van der Waals surface area contributed by atoms with Crippen LogP contribution in [-0.4, -0.2) is 29.4 Å². The van der Waals surface area contributed by atoms with Gasteiger partial charge in [0.05, 0.1) is 6.61 Å². The number of rotatable bonds is 5. The first-order valence-electron chi connectivity index (χ1n) is 4.61. The van der Waals surface area contributed by atoms with E-state index in [1.54, 1.807) is 6.92 Å². The number of carboxylic acids is 1. The van der Waals surface area contributed by atoms with E-state index in [0.29, 0.717) is 6.61 Å². The summed E-state index contributed by atoms with van der Waals surface area (Å²) in [6.07, 6.45) is 0. The summed E-state index contributed by atoms with van der Waals surface area (Å²) < 4.78 is 10.0. The van der Waals surface area contributed by atoms with Gasteiger partial charge in [-0.2, -0.15) is 0 Å². The molecule has 1 heterocycles. The number of ether oxygens (including phenoxy) is 1. The number of hydrogen-bond donors (Lipinski definition) is 2. The maximum absolute atomic E-state index is 10.5. The number of carboxylic acid groups (broad SMARTS) is 1. The van der Waals surface area contributed by atoms with Gasteiger partial charge in [-0.3, -0.25) is 0 Å². The molecule has 0 bridgehead atoms. The molecule has 5 heteroatoms. The SMILES string of the molecule is CCOCC(C)(O)c1ccc(C(=O)O)o1. The second-order valence-electron chi connectivity index (χ2n) is 3.38. The molecule has 0 radical (unpaired) electrons. The van der Waals surface area contributed by atoms with Crippen LogP contribution in [0.5, 0.6) is 0 Å². The van der Waals surface area contributed by atoms with Gasteiger partial charge in [-0.15, -0.1) is 0 Å². The molecule has 1 aromatic rings. The van der Waals surface area contributed by atoms with Crippen molar-refractivity contribution in [2.75, 3.05) is 13.2 Å². The van der Waals surface area contributed by atoms with E-state index in [1.165, 1.54) is 19.1 Å². The van der Waals surface area contributed by atoms with Gasteiger partial charge < -0.3 is 19.4 Å². The van der Waals surface area contributed by atoms with Gasteiger partial charge in [0.1, 0.15) is 11.4 Å². The average Bonchev–Trinajstić information content (AvgIpc) is 2.64. The Morgan fingerprint density at radius 1 is 1.60 bits per heavy atom. The fraction of sp³-hybridized carbons (Fsp3) is 0.500. The fourth-order valence-corrected chi connectivity index (χ4v) is 1.11. The molecule has 15 heavy (non-hydrogen) atoms. The molecular weight excluding hydrogens is 200 g/mol. The quantitative estimate of drug-likeness (QED) is 0.770. The van der Waals surface area contributed by atoms with Crippen molar-refractivity contribution >= 4 is 5.97 Å². The largest absolute Gasteiger partial charge is 0.475 e. The summed E-state index contributed by atoms with van der Waals surface area (Å²) in [5.41, 5.74) is -1.30. The van der Waals surface area contributed by atoms with Crippen molar-refractivity contribution in [3.63, 3.8) is 0 Å². The molecule has 0 amide bonds. The molecule has 0 spiro atoms. The first-order valence-corrected chi connectivity index (χ1v) is 4.61. The topological polar surface area (TPSA) is 79.9 Å². The van der Waals surface area contributed by atoms with Crippen molar-refractivity contribution < 1.29 is 24.2 Å². The summed E-state index contributed by atoms with van der Waals surface area (Å²) in [4.78, 5) is 10.5. The predicted octanol–water partition coefficient (Wildman–Crippen LogP) is 1.22. The molecule has 0 saturated heterocycles. The third-order valence-electron chi connectivity index (χ3n) is 1.93. The van der Waals surface area contributed by atoms with Crippen LogP contribution in [0.15, 0.2) is 16.5 Å². The summed E-state index contributed by atoms with van der Waals surface area (Å²) in [5, 5.41) is 18.5. The second-order valence-corrected chi connectivity index (χ2v) is 3.38. The Balaban J connectivity index is 2.80. The lowest BCUT2D eigenvalue weighted by Crippen LogP contribution is -2.27. The van der Waals surface area contributed by atoms with Crippen LogP contribution in [0.2, 0.25) is 0 Å². The Kier molecular flexibility index (Phi) is 3.49. The monoisotopic (exact) mass is 214 g/mol. The van der Waals surface area contributed by atoms with Crippen LogP contribution in [0.4, 0.5) is 0 Å². The molecule has 0 aliphatic carbocycles. The Morgan fingerprint density at radius 3 is 2.73 bits per heavy atom. The molecule has 1 unspecified atom stereocenters. The van der Waals surface area contributed by atoms with Crippen molar-refractivity contribution in [2.45, 2.75) is 19.4 Å². The minimum Gasteiger partial charge on any atom is -0.475 e. The zero-order chi connectivity index (χ0) is 11.5. The van der Waals surface area contributed by atoms with Crippen LogP contribution in [0.25, 0.3) is 0 Å². The Labute approximate surface area is 87.3 Å². The zero-order valence-electron chi connectivity index (χ0n) is 8.69. The third-order valence-corrected chi connectivity index (χ3v) is 1.93. The molecule has 2 N–H and O–H groups in total. The Hall–Kier alpha value is -1.33. The van der Waals surface area contributed by atoms with Crippen molar-refractivity contribution in [1.82, 2.24) is 0 Å². The average molecular weight is 214 g/mol. The first-order chi connectivity index (χ1) is 6.97. The molecule has 0 saturated carbocycles. The van der Waals surface area contributed by atoms with Crippen LogP contribution in [0.1, 0.15) is 30.2 Å². The van der Waals surface area contributed by atoms with Crippen LogP contribution < -0.4 is 0 Å². The van der Waals surface area contributed by atoms with E-state index < -0.39 is 11.6 Å². The Morgan fingerprint density at radius 2 is 2.27 bits per heavy atom. The van der Waals surface area contributed by atoms with Crippen LogP contribution >= 0.6 is 0 Å². The van der Waals surface area contributed by atoms with Gasteiger partial charge >= 0.3 is 5.97 Å². The van der Waals surface area contributed by atoms with Gasteiger partial charge in [0.25, 0.3) is 0 Å². The molecule has 0 fully saturated rings. The normalized spacial score (nSPS) is 14.9. The van der Waals surface area contributed by atoms with E-state index >= 15 is 0 Å². The van der Waals surface area contributed by atoms with Gasteiger partial charge in [0.2, 0.25) is 5.76 Å². The number of carbonyl (C=O) groups is 1. The second kappa shape index (κ2) is 4.46. The van der Waals surface area contributed by atoms with E-state index in [4.69, 9.17) is 14.3 Å². The molecule has 1 rings (SSSR count). The van der Waals surface area contributed by atoms with Crippen LogP contribution in [0.3, 0.4) is 0 Å². The number of hydrogen-bond acceptors (Lipinski definition) is 4. The Bertz CT molecular complexity index is 339. The summed E-state index contributed by atoms with van der Waals surface area (Å²) >= 11 is 0. The van der Waals surface area contributed by atoms with Gasteiger partial charge in [-0.1, -0.05) is 0 Å². The molecule has 0 aromatic carbocycles. The molecule has 0 aliphatic rings. The van der Waals surface area contributed by atoms with Crippen molar-refractivity contribution in [3.05, 3.63) is 23.7 Å². The lowest BCUT2D eigenvalue weighted by atomic mass is 10.1. The lowest BCUT2D eigenvalue weighted by molar-refractivity contribution is -0.0484. The predicted molar refractivity (Wildman–Crippen MR) is 51.7 cm³/mol. The number of aromatic carboxylic acids is 1.